The molecule has 0 saturated carbocycles. The third-order valence-corrected chi connectivity index (χ3v) is 3.44. The summed E-state index contributed by atoms with van der Waals surface area (Å²) in [5, 5.41) is 2.62. The van der Waals surface area contributed by atoms with Crippen molar-refractivity contribution < 1.29 is 9.18 Å². The number of carbonyl (C=O) groups excluding carboxylic acids is 1. The van der Waals surface area contributed by atoms with Gasteiger partial charge in [-0.25, -0.2) is 4.39 Å². The zero-order valence-corrected chi connectivity index (χ0v) is 11.3. The predicted octanol–water partition coefficient (Wildman–Crippen LogP) is 3.79. The molecule has 0 aromatic heterocycles. The van der Waals surface area contributed by atoms with Gasteiger partial charge in [0.1, 0.15) is 5.82 Å². The van der Waals surface area contributed by atoms with Crippen LogP contribution in [0.3, 0.4) is 0 Å². The molecule has 1 N–H and O–H groups in total. The first-order valence-electron chi connectivity index (χ1n) is 4.69. The number of benzene rings is 1. The average molecular weight is 309 g/mol. The maximum Gasteiger partial charge on any atom is 0.231 e. The van der Waals surface area contributed by atoms with Gasteiger partial charge < -0.3 is 5.32 Å². The molecule has 5 heteroatoms. The quantitative estimate of drug-likeness (QED) is 0.846. The summed E-state index contributed by atoms with van der Waals surface area (Å²) >= 11 is 8.71. The van der Waals surface area contributed by atoms with Gasteiger partial charge in [0.2, 0.25) is 5.91 Å². The van der Waals surface area contributed by atoms with E-state index in [-0.39, 0.29) is 11.8 Å². The summed E-state index contributed by atoms with van der Waals surface area (Å²) in [6, 6.07) is 4.42. The van der Waals surface area contributed by atoms with Crippen LogP contribution in [0.2, 0.25) is 0 Å². The molecule has 0 aliphatic heterocycles. The summed E-state index contributed by atoms with van der Waals surface area (Å²) in [5.74, 6) is -0.441. The standard InChI is InChI=1S/C11H12BrClFNO/c1-11(2,6-13)10(16)15-7-3-4-8(12)9(14)5-7/h3-5H,6H2,1-2H3,(H,15,16). The minimum atomic E-state index is -0.675. The zero-order chi connectivity index (χ0) is 12.3. The lowest BCUT2D eigenvalue weighted by Gasteiger charge is -2.20. The van der Waals surface area contributed by atoms with Crippen molar-refractivity contribution in [2.75, 3.05) is 11.2 Å². The molecule has 0 radical (unpaired) electrons. The summed E-state index contributed by atoms with van der Waals surface area (Å²) in [6.45, 7) is 3.45. The lowest BCUT2D eigenvalue weighted by molar-refractivity contribution is -0.122. The van der Waals surface area contributed by atoms with Crippen LogP contribution in [0, 0.1) is 11.2 Å². The second kappa shape index (κ2) is 5.15. The topological polar surface area (TPSA) is 29.1 Å². The van der Waals surface area contributed by atoms with Gasteiger partial charge in [-0.05, 0) is 48.0 Å². The monoisotopic (exact) mass is 307 g/mol. The van der Waals surface area contributed by atoms with Gasteiger partial charge in [0.05, 0.1) is 9.89 Å². The number of amides is 1. The Morgan fingerprint density at radius 3 is 2.69 bits per heavy atom. The number of hydrogen-bond donors (Lipinski definition) is 1. The molecule has 88 valence electrons. The number of hydrogen-bond acceptors (Lipinski definition) is 1. The zero-order valence-electron chi connectivity index (χ0n) is 8.98. The second-order valence-electron chi connectivity index (χ2n) is 4.10. The molecule has 2 nitrogen and oxygen atoms in total. The van der Waals surface area contributed by atoms with Gasteiger partial charge in [0.25, 0.3) is 0 Å². The van der Waals surface area contributed by atoms with E-state index in [0.717, 1.165) is 0 Å². The van der Waals surface area contributed by atoms with Gasteiger partial charge >= 0.3 is 0 Å². The minimum absolute atomic E-state index is 0.206. The molecule has 0 unspecified atom stereocenters. The molecule has 0 aliphatic rings. The maximum absolute atomic E-state index is 13.2. The van der Waals surface area contributed by atoms with Crippen molar-refractivity contribution in [1.29, 1.82) is 0 Å². The minimum Gasteiger partial charge on any atom is -0.325 e. The first kappa shape index (κ1) is 13.5. The number of nitrogens with one attached hydrogen (secondary N) is 1. The molecule has 1 aromatic rings. The number of rotatable bonds is 3. The van der Waals surface area contributed by atoms with E-state index in [1.807, 2.05) is 0 Å². The van der Waals surface area contributed by atoms with Crippen molar-refractivity contribution in [3.63, 3.8) is 0 Å². The Kier molecular flexibility index (Phi) is 4.33. The van der Waals surface area contributed by atoms with E-state index in [9.17, 15) is 9.18 Å². The number of alkyl halides is 1. The van der Waals surface area contributed by atoms with Crippen LogP contribution in [0.1, 0.15) is 13.8 Å². The summed E-state index contributed by atoms with van der Waals surface area (Å²) in [6.07, 6.45) is 0. The van der Waals surface area contributed by atoms with E-state index in [1.165, 1.54) is 6.07 Å². The molecule has 1 rings (SSSR count). The Balaban J connectivity index is 2.82. The number of halogens is 3. The van der Waals surface area contributed by atoms with E-state index in [0.29, 0.717) is 10.2 Å². The van der Waals surface area contributed by atoms with Crippen molar-refractivity contribution in [1.82, 2.24) is 0 Å². The van der Waals surface area contributed by atoms with Gasteiger partial charge in [-0.15, -0.1) is 11.6 Å². The largest absolute Gasteiger partial charge is 0.325 e. The van der Waals surface area contributed by atoms with Crippen molar-refractivity contribution in [3.8, 4) is 0 Å². The fraction of sp³-hybridized carbons (Fsp3) is 0.364. The molecule has 0 spiro atoms. The Morgan fingerprint density at radius 1 is 1.56 bits per heavy atom. The summed E-state index contributed by atoms with van der Waals surface area (Å²) < 4.78 is 13.5. The number of anilines is 1. The fourth-order valence-corrected chi connectivity index (χ4v) is 1.30. The van der Waals surface area contributed by atoms with Gasteiger partial charge in [-0.1, -0.05) is 0 Å². The highest BCUT2D eigenvalue weighted by Gasteiger charge is 2.26. The fourth-order valence-electron chi connectivity index (χ4n) is 0.935. The molecule has 1 amide bonds. The lowest BCUT2D eigenvalue weighted by atomic mass is 9.95. The van der Waals surface area contributed by atoms with E-state index in [2.05, 4.69) is 21.2 Å². The molecule has 0 aliphatic carbocycles. The van der Waals surface area contributed by atoms with Gasteiger partial charge in [-0.3, -0.25) is 4.79 Å². The Bertz CT molecular complexity index is 409. The van der Waals surface area contributed by atoms with Crippen LogP contribution >= 0.6 is 27.5 Å². The highest BCUT2D eigenvalue weighted by molar-refractivity contribution is 9.10. The molecule has 0 saturated heterocycles. The van der Waals surface area contributed by atoms with E-state index >= 15 is 0 Å². The normalized spacial score (nSPS) is 11.3. The van der Waals surface area contributed by atoms with Crippen LogP contribution in [0.15, 0.2) is 22.7 Å². The molecule has 1 aromatic carbocycles. The third kappa shape index (κ3) is 3.19. The molecule has 0 atom stereocenters. The molecule has 0 bridgehead atoms. The smallest absolute Gasteiger partial charge is 0.231 e. The predicted molar refractivity (Wildman–Crippen MR) is 67.2 cm³/mol. The SMILES string of the molecule is CC(C)(CCl)C(=O)Nc1ccc(Br)c(F)c1. The Morgan fingerprint density at radius 2 is 2.19 bits per heavy atom. The first-order valence-corrected chi connectivity index (χ1v) is 6.02. The van der Waals surface area contributed by atoms with Crippen LogP contribution < -0.4 is 5.32 Å². The van der Waals surface area contributed by atoms with Crippen molar-refractivity contribution in [3.05, 3.63) is 28.5 Å². The molecule has 0 fully saturated rings. The summed E-state index contributed by atoms with van der Waals surface area (Å²) in [5.41, 5.74) is -0.255. The molecule has 0 heterocycles. The van der Waals surface area contributed by atoms with Crippen LogP contribution in [-0.2, 0) is 4.79 Å². The first-order chi connectivity index (χ1) is 7.36. The van der Waals surface area contributed by atoms with Gasteiger partial charge in [0, 0.05) is 11.6 Å². The van der Waals surface area contributed by atoms with Gasteiger partial charge in [-0.2, -0.15) is 0 Å². The Labute approximate surface area is 107 Å². The highest BCUT2D eigenvalue weighted by Crippen LogP contribution is 2.23. The highest BCUT2D eigenvalue weighted by atomic mass is 79.9. The van der Waals surface area contributed by atoms with Crippen molar-refractivity contribution >= 4 is 39.1 Å². The maximum atomic E-state index is 13.2. The average Bonchev–Trinajstić information content (AvgIpc) is 2.23. The van der Waals surface area contributed by atoms with Crippen LogP contribution in [0.5, 0.6) is 0 Å². The van der Waals surface area contributed by atoms with Crippen LogP contribution in [0.25, 0.3) is 0 Å². The van der Waals surface area contributed by atoms with Crippen molar-refractivity contribution in [2.24, 2.45) is 5.41 Å². The summed E-state index contributed by atoms with van der Waals surface area (Å²) in [7, 11) is 0. The molecular formula is C11H12BrClFNO. The second-order valence-corrected chi connectivity index (χ2v) is 5.22. The summed E-state index contributed by atoms with van der Waals surface area (Å²) in [4.78, 5) is 11.7. The van der Waals surface area contributed by atoms with Crippen molar-refractivity contribution in [2.45, 2.75) is 13.8 Å². The van der Waals surface area contributed by atoms with E-state index < -0.39 is 11.2 Å². The van der Waals surface area contributed by atoms with E-state index in [4.69, 9.17) is 11.6 Å². The Hall–Kier alpha value is -0.610. The lowest BCUT2D eigenvalue weighted by Crippen LogP contribution is -2.32. The molecular weight excluding hydrogens is 296 g/mol. The molecule has 16 heavy (non-hydrogen) atoms. The van der Waals surface area contributed by atoms with Gasteiger partial charge in [0.15, 0.2) is 0 Å². The van der Waals surface area contributed by atoms with E-state index in [1.54, 1.807) is 26.0 Å². The number of carbonyl (C=O) groups is 1. The van der Waals surface area contributed by atoms with Crippen LogP contribution in [-0.4, -0.2) is 11.8 Å². The van der Waals surface area contributed by atoms with Crippen LogP contribution in [0.4, 0.5) is 10.1 Å². The third-order valence-electron chi connectivity index (χ3n) is 2.13.